The number of thiophene rings is 1. The average molecular weight is 198 g/mol. The molecule has 1 rings (SSSR count). The highest BCUT2D eigenvalue weighted by atomic mass is 32.1. The monoisotopic (exact) mass is 198 g/mol. The van der Waals surface area contributed by atoms with Gasteiger partial charge in [0.15, 0.2) is 0 Å². The first-order valence-electron chi connectivity index (χ1n) is 4.67. The van der Waals surface area contributed by atoms with Gasteiger partial charge in [0, 0.05) is 19.6 Å². The van der Waals surface area contributed by atoms with Crippen molar-refractivity contribution in [2.24, 2.45) is 0 Å². The number of rotatable bonds is 6. The summed E-state index contributed by atoms with van der Waals surface area (Å²) < 4.78 is 0. The molecule has 0 aliphatic heterocycles. The van der Waals surface area contributed by atoms with Crippen molar-refractivity contribution in [1.29, 1.82) is 0 Å². The van der Waals surface area contributed by atoms with Gasteiger partial charge in [-0.2, -0.15) is 11.3 Å². The standard InChI is InChI=1S/C10H18N2S/c1-11-5-7-12(2)6-3-10-4-8-13-9-10/h4,8-9,11H,3,5-7H2,1-2H3. The SMILES string of the molecule is CNCCN(C)CCc1ccsc1. The Kier molecular flexibility index (Phi) is 5.05. The van der Waals surface area contributed by atoms with Crippen molar-refractivity contribution in [3.63, 3.8) is 0 Å². The van der Waals surface area contributed by atoms with E-state index in [0.29, 0.717) is 0 Å². The molecule has 1 heterocycles. The molecule has 0 saturated carbocycles. The van der Waals surface area contributed by atoms with Crippen LogP contribution in [0.3, 0.4) is 0 Å². The minimum atomic E-state index is 1.07. The van der Waals surface area contributed by atoms with E-state index in [1.807, 2.05) is 7.05 Å². The zero-order valence-corrected chi connectivity index (χ0v) is 9.23. The lowest BCUT2D eigenvalue weighted by atomic mass is 10.2. The third kappa shape index (κ3) is 4.41. The van der Waals surface area contributed by atoms with Crippen LogP contribution in [-0.2, 0) is 6.42 Å². The zero-order valence-electron chi connectivity index (χ0n) is 8.42. The second-order valence-electron chi connectivity index (χ2n) is 3.29. The molecule has 0 aliphatic carbocycles. The molecule has 74 valence electrons. The molecular weight excluding hydrogens is 180 g/mol. The molecule has 0 aliphatic rings. The van der Waals surface area contributed by atoms with E-state index >= 15 is 0 Å². The smallest absolute Gasteiger partial charge is 0.0104 e. The molecule has 3 heteroatoms. The Hall–Kier alpha value is -0.380. The van der Waals surface area contributed by atoms with E-state index in [0.717, 1.165) is 19.6 Å². The molecule has 0 amide bonds. The van der Waals surface area contributed by atoms with E-state index in [4.69, 9.17) is 0 Å². The summed E-state index contributed by atoms with van der Waals surface area (Å²) in [6, 6.07) is 2.20. The van der Waals surface area contributed by atoms with E-state index in [2.05, 4.69) is 34.1 Å². The van der Waals surface area contributed by atoms with E-state index in [9.17, 15) is 0 Å². The highest BCUT2D eigenvalue weighted by Crippen LogP contribution is 2.06. The lowest BCUT2D eigenvalue weighted by Crippen LogP contribution is -2.28. The van der Waals surface area contributed by atoms with Crippen LogP contribution in [0.15, 0.2) is 16.8 Å². The molecule has 0 aromatic carbocycles. The molecule has 0 bridgehead atoms. The fourth-order valence-electron chi connectivity index (χ4n) is 1.17. The van der Waals surface area contributed by atoms with Crippen LogP contribution in [-0.4, -0.2) is 38.6 Å². The summed E-state index contributed by atoms with van der Waals surface area (Å²) >= 11 is 1.78. The van der Waals surface area contributed by atoms with Crippen LogP contribution in [0.25, 0.3) is 0 Å². The molecule has 0 radical (unpaired) electrons. The summed E-state index contributed by atoms with van der Waals surface area (Å²) in [7, 11) is 4.16. The molecule has 0 unspecified atom stereocenters. The van der Waals surface area contributed by atoms with Gasteiger partial charge in [-0.3, -0.25) is 0 Å². The molecule has 2 nitrogen and oxygen atoms in total. The predicted molar refractivity (Wildman–Crippen MR) is 59.4 cm³/mol. The molecule has 0 spiro atoms. The topological polar surface area (TPSA) is 15.3 Å². The molecule has 13 heavy (non-hydrogen) atoms. The van der Waals surface area contributed by atoms with Gasteiger partial charge in [0.1, 0.15) is 0 Å². The molecule has 0 saturated heterocycles. The Balaban J connectivity index is 2.11. The summed E-state index contributed by atoms with van der Waals surface area (Å²) in [6.45, 7) is 3.35. The van der Waals surface area contributed by atoms with E-state index in [1.54, 1.807) is 11.3 Å². The summed E-state index contributed by atoms with van der Waals surface area (Å²) in [4.78, 5) is 2.36. The summed E-state index contributed by atoms with van der Waals surface area (Å²) in [5.41, 5.74) is 1.46. The van der Waals surface area contributed by atoms with Gasteiger partial charge in [0.2, 0.25) is 0 Å². The van der Waals surface area contributed by atoms with Crippen LogP contribution in [0, 0.1) is 0 Å². The van der Waals surface area contributed by atoms with Crippen molar-refractivity contribution < 1.29 is 0 Å². The van der Waals surface area contributed by atoms with Crippen LogP contribution >= 0.6 is 11.3 Å². The van der Waals surface area contributed by atoms with Crippen LogP contribution in [0.4, 0.5) is 0 Å². The predicted octanol–water partition coefficient (Wildman–Crippen LogP) is 1.44. The van der Waals surface area contributed by atoms with Crippen LogP contribution in [0.5, 0.6) is 0 Å². The summed E-state index contributed by atoms with van der Waals surface area (Å²) in [6.07, 6.45) is 1.17. The zero-order chi connectivity index (χ0) is 9.52. The first-order valence-corrected chi connectivity index (χ1v) is 5.61. The lowest BCUT2D eigenvalue weighted by molar-refractivity contribution is 0.339. The fourth-order valence-corrected chi connectivity index (χ4v) is 1.87. The third-order valence-corrected chi connectivity index (χ3v) is 2.84. The quantitative estimate of drug-likeness (QED) is 0.744. The molecule has 1 N–H and O–H groups in total. The largest absolute Gasteiger partial charge is 0.318 e. The molecule has 1 aromatic rings. The number of nitrogens with zero attached hydrogens (tertiary/aromatic N) is 1. The van der Waals surface area contributed by atoms with Crippen molar-refractivity contribution in [2.75, 3.05) is 33.7 Å². The van der Waals surface area contributed by atoms with Crippen molar-refractivity contribution in [1.82, 2.24) is 10.2 Å². The van der Waals surface area contributed by atoms with Crippen molar-refractivity contribution >= 4 is 11.3 Å². The second-order valence-corrected chi connectivity index (χ2v) is 4.07. The van der Waals surface area contributed by atoms with E-state index in [1.165, 1.54) is 12.0 Å². The van der Waals surface area contributed by atoms with E-state index < -0.39 is 0 Å². The lowest BCUT2D eigenvalue weighted by Gasteiger charge is -2.15. The van der Waals surface area contributed by atoms with Gasteiger partial charge >= 0.3 is 0 Å². The molecule has 0 atom stereocenters. The number of nitrogens with one attached hydrogen (secondary N) is 1. The van der Waals surface area contributed by atoms with Gasteiger partial charge in [-0.15, -0.1) is 0 Å². The van der Waals surface area contributed by atoms with Crippen LogP contribution < -0.4 is 5.32 Å². The normalized spacial score (nSPS) is 11.0. The maximum Gasteiger partial charge on any atom is 0.0104 e. The Morgan fingerprint density at radius 2 is 2.31 bits per heavy atom. The number of likely N-dealkylation sites (N-methyl/N-ethyl adjacent to an activating group) is 2. The Labute approximate surface area is 84.6 Å². The van der Waals surface area contributed by atoms with Gasteiger partial charge in [-0.25, -0.2) is 0 Å². The van der Waals surface area contributed by atoms with Gasteiger partial charge in [-0.1, -0.05) is 0 Å². The van der Waals surface area contributed by atoms with Crippen molar-refractivity contribution in [3.05, 3.63) is 22.4 Å². The Morgan fingerprint density at radius 1 is 1.46 bits per heavy atom. The van der Waals surface area contributed by atoms with Gasteiger partial charge in [0.25, 0.3) is 0 Å². The van der Waals surface area contributed by atoms with Crippen molar-refractivity contribution in [3.8, 4) is 0 Å². The Morgan fingerprint density at radius 3 is 2.92 bits per heavy atom. The van der Waals surface area contributed by atoms with Crippen LogP contribution in [0.1, 0.15) is 5.56 Å². The minimum absolute atomic E-state index is 1.07. The minimum Gasteiger partial charge on any atom is -0.318 e. The summed E-state index contributed by atoms with van der Waals surface area (Å²) in [5.74, 6) is 0. The molecule has 0 fully saturated rings. The Bertz CT molecular complexity index is 209. The second kappa shape index (κ2) is 6.13. The maximum atomic E-state index is 3.15. The summed E-state index contributed by atoms with van der Waals surface area (Å²) in [5, 5.41) is 7.52. The third-order valence-electron chi connectivity index (χ3n) is 2.11. The highest BCUT2D eigenvalue weighted by molar-refractivity contribution is 7.07. The first-order chi connectivity index (χ1) is 6.33. The van der Waals surface area contributed by atoms with Crippen molar-refractivity contribution in [2.45, 2.75) is 6.42 Å². The van der Waals surface area contributed by atoms with Gasteiger partial charge in [-0.05, 0) is 42.9 Å². The maximum absolute atomic E-state index is 3.15. The first kappa shape index (κ1) is 10.7. The van der Waals surface area contributed by atoms with Gasteiger partial charge < -0.3 is 10.2 Å². The molecule has 1 aromatic heterocycles. The fraction of sp³-hybridized carbons (Fsp3) is 0.600. The van der Waals surface area contributed by atoms with E-state index in [-0.39, 0.29) is 0 Å². The number of hydrogen-bond donors (Lipinski definition) is 1. The van der Waals surface area contributed by atoms with Gasteiger partial charge in [0.05, 0.1) is 0 Å². The molecular formula is C10H18N2S. The van der Waals surface area contributed by atoms with Crippen LogP contribution in [0.2, 0.25) is 0 Å². The highest BCUT2D eigenvalue weighted by Gasteiger charge is 1.98. The average Bonchev–Trinajstić information content (AvgIpc) is 2.64. The number of hydrogen-bond acceptors (Lipinski definition) is 3.